The maximum atomic E-state index is 5.64. The molecule has 1 rings (SSSR count). The monoisotopic (exact) mass is 221 g/mol. The van der Waals surface area contributed by atoms with Gasteiger partial charge in [-0.1, -0.05) is 23.8 Å². The van der Waals surface area contributed by atoms with Crippen molar-refractivity contribution in [3.05, 3.63) is 15.5 Å². The molecule has 0 fully saturated rings. The summed E-state index contributed by atoms with van der Waals surface area (Å²) in [6.45, 7) is 2.34. The van der Waals surface area contributed by atoms with Crippen LogP contribution in [0.1, 0.15) is 11.8 Å². The Morgan fingerprint density at radius 3 is 3.00 bits per heavy atom. The Labute approximate surface area is 85.1 Å². The Balaban J connectivity index is 2.58. The van der Waals surface area contributed by atoms with Crippen LogP contribution in [0.5, 0.6) is 0 Å². The summed E-state index contributed by atoms with van der Waals surface area (Å²) in [6, 6.07) is 0. The number of hydrazine groups is 1. The van der Waals surface area contributed by atoms with E-state index in [1.54, 1.807) is 13.1 Å². The topological polar surface area (TPSA) is 42.1 Å². The maximum Gasteiger partial charge on any atom is 0.183 e. The summed E-state index contributed by atoms with van der Waals surface area (Å²) in [5.41, 5.74) is 0. The van der Waals surface area contributed by atoms with Gasteiger partial charge in [0.2, 0.25) is 0 Å². The van der Waals surface area contributed by atoms with Crippen molar-refractivity contribution < 1.29 is 0 Å². The second-order valence-electron chi connectivity index (χ2n) is 2.23. The van der Waals surface area contributed by atoms with Crippen LogP contribution < -0.4 is 5.84 Å². The van der Waals surface area contributed by atoms with Gasteiger partial charge in [-0.25, -0.2) is 10.8 Å². The second kappa shape index (κ2) is 4.13. The first-order valence-corrected chi connectivity index (χ1v) is 4.83. The Kier molecular flexibility index (Phi) is 3.39. The van der Waals surface area contributed by atoms with E-state index < -0.39 is 0 Å². The van der Waals surface area contributed by atoms with Gasteiger partial charge in [-0.05, 0) is 6.92 Å². The number of rotatable bonds is 2. The molecule has 6 heteroatoms. The number of thiocarbonyl (C=S) groups is 1. The van der Waals surface area contributed by atoms with Crippen molar-refractivity contribution in [2.45, 2.75) is 13.5 Å². The molecular formula is C6H8ClN3S2. The van der Waals surface area contributed by atoms with Gasteiger partial charge in [0.25, 0.3) is 0 Å². The third-order valence-corrected chi connectivity index (χ3v) is 2.59. The molecule has 0 radical (unpaired) electrons. The van der Waals surface area contributed by atoms with E-state index in [1.165, 1.54) is 16.3 Å². The summed E-state index contributed by atoms with van der Waals surface area (Å²) in [5, 5.41) is 1.49. The largest absolute Gasteiger partial charge is 0.299 e. The molecule has 1 aromatic heterocycles. The molecule has 12 heavy (non-hydrogen) atoms. The lowest BCUT2D eigenvalue weighted by Gasteiger charge is -2.14. The van der Waals surface area contributed by atoms with Gasteiger partial charge in [-0.3, -0.25) is 5.01 Å². The molecular weight excluding hydrogens is 214 g/mol. The van der Waals surface area contributed by atoms with Crippen molar-refractivity contribution in [3.8, 4) is 0 Å². The smallest absolute Gasteiger partial charge is 0.183 e. The lowest BCUT2D eigenvalue weighted by atomic mass is 10.5. The lowest BCUT2D eigenvalue weighted by molar-refractivity contribution is 0.443. The lowest BCUT2D eigenvalue weighted by Crippen LogP contribution is -2.33. The maximum absolute atomic E-state index is 5.64. The molecule has 0 atom stereocenters. The van der Waals surface area contributed by atoms with Crippen LogP contribution in [0.25, 0.3) is 0 Å². The van der Waals surface area contributed by atoms with Crippen molar-refractivity contribution >= 4 is 40.1 Å². The van der Waals surface area contributed by atoms with Crippen molar-refractivity contribution in [3.63, 3.8) is 0 Å². The fourth-order valence-corrected chi connectivity index (χ4v) is 1.68. The van der Waals surface area contributed by atoms with Gasteiger partial charge < -0.3 is 0 Å². The van der Waals surface area contributed by atoms with E-state index >= 15 is 0 Å². The highest BCUT2D eigenvalue weighted by Gasteiger charge is 2.04. The molecule has 1 heterocycles. The highest BCUT2D eigenvalue weighted by molar-refractivity contribution is 7.80. The van der Waals surface area contributed by atoms with Crippen molar-refractivity contribution in [2.75, 3.05) is 0 Å². The Morgan fingerprint density at radius 2 is 2.58 bits per heavy atom. The molecule has 0 aliphatic heterocycles. The highest BCUT2D eigenvalue weighted by atomic mass is 35.5. The van der Waals surface area contributed by atoms with Crippen LogP contribution in [-0.4, -0.2) is 15.0 Å². The van der Waals surface area contributed by atoms with E-state index in [2.05, 4.69) is 4.98 Å². The van der Waals surface area contributed by atoms with Crippen LogP contribution in [0.15, 0.2) is 6.20 Å². The van der Waals surface area contributed by atoms with Gasteiger partial charge in [-0.2, -0.15) is 0 Å². The molecule has 3 nitrogen and oxygen atoms in total. The molecule has 0 aliphatic carbocycles. The van der Waals surface area contributed by atoms with Crippen LogP contribution >= 0.6 is 35.2 Å². The van der Waals surface area contributed by atoms with Gasteiger partial charge in [0.15, 0.2) is 4.47 Å². The minimum Gasteiger partial charge on any atom is -0.299 e. The predicted molar refractivity (Wildman–Crippen MR) is 55.1 cm³/mol. The molecule has 66 valence electrons. The molecule has 0 aromatic carbocycles. The number of nitrogens with zero attached hydrogens (tertiary/aromatic N) is 2. The minimum atomic E-state index is 0.528. The fraction of sp³-hybridized carbons (Fsp3) is 0.333. The number of nitrogens with two attached hydrogens (primary N) is 1. The number of hydrogen-bond donors (Lipinski definition) is 1. The summed E-state index contributed by atoms with van der Waals surface area (Å²) in [7, 11) is 0. The number of thiazole rings is 1. The molecule has 0 saturated carbocycles. The number of halogens is 1. The van der Waals surface area contributed by atoms with Gasteiger partial charge >= 0.3 is 0 Å². The van der Waals surface area contributed by atoms with E-state index in [1.807, 2.05) is 0 Å². The molecule has 0 aliphatic rings. The second-order valence-corrected chi connectivity index (χ2v) is 4.51. The molecule has 0 amide bonds. The van der Waals surface area contributed by atoms with Crippen molar-refractivity contribution in [2.24, 2.45) is 5.84 Å². The first-order valence-electron chi connectivity index (χ1n) is 3.22. The number of hydrogen-bond acceptors (Lipinski definition) is 4. The highest BCUT2D eigenvalue weighted by Crippen LogP contribution is 2.18. The minimum absolute atomic E-state index is 0.528. The van der Waals surface area contributed by atoms with Crippen molar-refractivity contribution in [1.82, 2.24) is 9.99 Å². The van der Waals surface area contributed by atoms with Gasteiger partial charge in [-0.15, -0.1) is 11.3 Å². The first kappa shape index (κ1) is 9.85. The number of aromatic nitrogens is 1. The molecule has 0 bridgehead atoms. The zero-order chi connectivity index (χ0) is 9.14. The Bertz CT molecular complexity index is 286. The van der Waals surface area contributed by atoms with Crippen LogP contribution in [0, 0.1) is 0 Å². The Hall–Kier alpha value is -0.230. The van der Waals surface area contributed by atoms with Gasteiger partial charge in [0, 0.05) is 11.1 Å². The third kappa shape index (κ3) is 2.67. The Morgan fingerprint density at radius 1 is 1.92 bits per heavy atom. The van der Waals surface area contributed by atoms with E-state index in [9.17, 15) is 0 Å². The fourth-order valence-electron chi connectivity index (χ4n) is 0.636. The van der Waals surface area contributed by atoms with Gasteiger partial charge in [0.05, 0.1) is 11.5 Å². The summed E-state index contributed by atoms with van der Waals surface area (Å²) in [5.74, 6) is 5.59. The SMILES string of the molecule is CC(=S)N(N)Cc1cnc(Cl)s1. The zero-order valence-corrected chi connectivity index (χ0v) is 8.84. The van der Waals surface area contributed by atoms with Crippen LogP contribution in [-0.2, 0) is 6.54 Å². The standard InChI is InChI=1S/C6H8ClN3S2/c1-4(11)10(8)3-5-2-9-6(7)12-5/h2H,3,8H2,1H3. The van der Waals surface area contributed by atoms with Crippen LogP contribution in [0.2, 0.25) is 4.47 Å². The molecule has 0 spiro atoms. The summed E-state index contributed by atoms with van der Waals surface area (Å²) < 4.78 is 0.528. The van der Waals surface area contributed by atoms with E-state index in [-0.39, 0.29) is 0 Å². The first-order chi connectivity index (χ1) is 5.59. The van der Waals surface area contributed by atoms with Gasteiger partial charge in [0.1, 0.15) is 0 Å². The molecule has 0 saturated heterocycles. The van der Waals surface area contributed by atoms with Crippen LogP contribution in [0.4, 0.5) is 0 Å². The quantitative estimate of drug-likeness (QED) is 0.470. The van der Waals surface area contributed by atoms with E-state index in [0.717, 1.165) is 4.88 Å². The van der Waals surface area contributed by atoms with Crippen molar-refractivity contribution in [1.29, 1.82) is 0 Å². The third-order valence-electron chi connectivity index (χ3n) is 1.26. The van der Waals surface area contributed by atoms with E-state index in [4.69, 9.17) is 29.7 Å². The normalized spacial score (nSPS) is 9.92. The average Bonchev–Trinajstić information content (AvgIpc) is 2.35. The zero-order valence-electron chi connectivity index (χ0n) is 6.45. The molecule has 2 N–H and O–H groups in total. The van der Waals surface area contributed by atoms with E-state index in [0.29, 0.717) is 16.0 Å². The van der Waals surface area contributed by atoms with Crippen LogP contribution in [0.3, 0.4) is 0 Å². The summed E-state index contributed by atoms with van der Waals surface area (Å²) >= 11 is 11.9. The summed E-state index contributed by atoms with van der Waals surface area (Å²) in [6.07, 6.45) is 1.70. The average molecular weight is 222 g/mol. The summed E-state index contributed by atoms with van der Waals surface area (Å²) in [4.78, 5) is 5.55. The molecule has 0 unspecified atom stereocenters. The molecule has 1 aromatic rings. The predicted octanol–water partition coefficient (Wildman–Crippen LogP) is 1.82.